The smallest absolute Gasteiger partial charge is 0.243 e. The molecule has 1 saturated heterocycles. The summed E-state index contributed by atoms with van der Waals surface area (Å²) in [5, 5.41) is 0.664. The highest BCUT2D eigenvalue weighted by Crippen LogP contribution is 2.30. The van der Waals surface area contributed by atoms with Crippen LogP contribution in [-0.4, -0.2) is 18.4 Å². The standard InChI is InChI=1S/C26H24Cl2FN3O3/c1-2-16-6-9-19(10-7-16)32-14-17(12-25(32)33)26(34)31-30-23-13-18(27)8-11-24(23)35-15-20-21(28)4-3-5-22(20)29/h3-11,13,17,30H,2,12,14-15H2,1H3,(H,31,34)/t17-/m1/s1. The molecule has 0 saturated carbocycles. The number of halogens is 3. The molecule has 2 N–H and O–H groups in total. The SMILES string of the molecule is CCc1ccc(N2C[C@H](C(=O)NNc3cc(Cl)ccc3OCc3c(F)cccc3Cl)CC2=O)cc1. The van der Waals surface area contributed by atoms with Crippen molar-refractivity contribution in [1.29, 1.82) is 0 Å². The van der Waals surface area contributed by atoms with Crippen LogP contribution in [0.15, 0.2) is 60.7 Å². The predicted molar refractivity (Wildman–Crippen MR) is 135 cm³/mol. The molecule has 1 aliphatic heterocycles. The van der Waals surface area contributed by atoms with Crippen LogP contribution in [0.4, 0.5) is 15.8 Å². The first-order chi connectivity index (χ1) is 16.9. The number of rotatable bonds is 8. The zero-order chi connectivity index (χ0) is 24.9. The lowest BCUT2D eigenvalue weighted by molar-refractivity contribution is -0.125. The summed E-state index contributed by atoms with van der Waals surface area (Å²) in [4.78, 5) is 27.0. The van der Waals surface area contributed by atoms with Crippen LogP contribution in [0.3, 0.4) is 0 Å². The van der Waals surface area contributed by atoms with Crippen molar-refractivity contribution >= 4 is 46.4 Å². The quantitative estimate of drug-likeness (QED) is 0.373. The molecule has 4 rings (SSSR count). The zero-order valence-electron chi connectivity index (χ0n) is 19.0. The third-order valence-corrected chi connectivity index (χ3v) is 6.44. The number of anilines is 2. The first-order valence-corrected chi connectivity index (χ1v) is 11.9. The maximum absolute atomic E-state index is 14.1. The van der Waals surface area contributed by atoms with Crippen molar-refractivity contribution in [1.82, 2.24) is 5.43 Å². The van der Waals surface area contributed by atoms with E-state index in [1.807, 2.05) is 24.3 Å². The summed E-state index contributed by atoms with van der Waals surface area (Å²) < 4.78 is 19.8. The molecule has 1 heterocycles. The Morgan fingerprint density at radius 2 is 1.91 bits per heavy atom. The fourth-order valence-electron chi connectivity index (χ4n) is 3.82. The summed E-state index contributed by atoms with van der Waals surface area (Å²) in [5.41, 5.74) is 8.00. The largest absolute Gasteiger partial charge is 0.487 e. The van der Waals surface area contributed by atoms with Gasteiger partial charge in [0.15, 0.2) is 0 Å². The number of nitrogens with zero attached hydrogens (tertiary/aromatic N) is 1. The number of aryl methyl sites for hydroxylation is 1. The van der Waals surface area contributed by atoms with E-state index in [0.717, 1.165) is 12.1 Å². The highest BCUT2D eigenvalue weighted by Gasteiger charge is 2.35. The van der Waals surface area contributed by atoms with Crippen LogP contribution in [0, 0.1) is 11.7 Å². The van der Waals surface area contributed by atoms with Crippen LogP contribution in [0.2, 0.25) is 10.0 Å². The van der Waals surface area contributed by atoms with Crippen molar-refractivity contribution in [3.8, 4) is 5.75 Å². The van der Waals surface area contributed by atoms with Crippen molar-refractivity contribution in [3.05, 3.63) is 87.7 Å². The lowest BCUT2D eigenvalue weighted by Gasteiger charge is -2.18. The van der Waals surface area contributed by atoms with Gasteiger partial charge in [0.2, 0.25) is 11.8 Å². The summed E-state index contributed by atoms with van der Waals surface area (Å²) in [6.45, 7) is 2.23. The fraction of sp³-hybridized carbons (Fsp3) is 0.231. The van der Waals surface area contributed by atoms with Gasteiger partial charge in [-0.2, -0.15) is 0 Å². The molecule has 0 spiro atoms. The van der Waals surface area contributed by atoms with Crippen LogP contribution in [-0.2, 0) is 22.6 Å². The fourth-order valence-corrected chi connectivity index (χ4v) is 4.21. The summed E-state index contributed by atoms with van der Waals surface area (Å²) >= 11 is 12.2. The first kappa shape index (κ1) is 24.8. The van der Waals surface area contributed by atoms with Crippen LogP contribution in [0.5, 0.6) is 5.75 Å². The van der Waals surface area contributed by atoms with Crippen molar-refractivity contribution in [2.45, 2.75) is 26.4 Å². The van der Waals surface area contributed by atoms with Crippen LogP contribution in [0.1, 0.15) is 24.5 Å². The summed E-state index contributed by atoms with van der Waals surface area (Å²) in [6.07, 6.45) is 1.02. The lowest BCUT2D eigenvalue weighted by Crippen LogP contribution is -2.36. The Labute approximate surface area is 212 Å². The van der Waals surface area contributed by atoms with Gasteiger partial charge in [0.25, 0.3) is 0 Å². The number of amides is 2. The van der Waals surface area contributed by atoms with E-state index in [9.17, 15) is 14.0 Å². The molecule has 1 aliphatic rings. The van der Waals surface area contributed by atoms with Crippen molar-refractivity contribution in [2.75, 3.05) is 16.9 Å². The van der Waals surface area contributed by atoms with E-state index in [0.29, 0.717) is 16.5 Å². The van der Waals surface area contributed by atoms with Gasteiger partial charge in [-0.15, -0.1) is 0 Å². The Morgan fingerprint density at radius 1 is 1.14 bits per heavy atom. The molecule has 9 heteroatoms. The molecule has 3 aromatic rings. The second-order valence-electron chi connectivity index (χ2n) is 8.17. The first-order valence-electron chi connectivity index (χ1n) is 11.2. The number of hydrazine groups is 1. The van der Waals surface area contributed by atoms with E-state index < -0.39 is 11.7 Å². The van der Waals surface area contributed by atoms with E-state index >= 15 is 0 Å². The average molecular weight is 516 g/mol. The third kappa shape index (κ3) is 5.86. The molecule has 6 nitrogen and oxygen atoms in total. The van der Waals surface area contributed by atoms with Gasteiger partial charge in [-0.1, -0.05) is 48.3 Å². The Hall–Kier alpha value is -3.29. The molecular formula is C26H24Cl2FN3O3. The minimum absolute atomic E-state index is 0.105. The van der Waals surface area contributed by atoms with Gasteiger partial charge >= 0.3 is 0 Å². The third-order valence-electron chi connectivity index (χ3n) is 5.85. The van der Waals surface area contributed by atoms with Gasteiger partial charge in [-0.05, 0) is 54.4 Å². The Kier molecular flexibility index (Phi) is 7.78. The highest BCUT2D eigenvalue weighted by atomic mass is 35.5. The number of ether oxygens (including phenoxy) is 1. The minimum atomic E-state index is -0.526. The summed E-state index contributed by atoms with van der Waals surface area (Å²) in [5.74, 6) is -1.11. The van der Waals surface area contributed by atoms with E-state index in [4.69, 9.17) is 27.9 Å². The topological polar surface area (TPSA) is 70.7 Å². The molecule has 35 heavy (non-hydrogen) atoms. The van der Waals surface area contributed by atoms with Crippen molar-refractivity contribution in [2.24, 2.45) is 5.92 Å². The molecule has 0 unspecified atom stereocenters. The molecule has 1 atom stereocenters. The molecule has 0 bridgehead atoms. The zero-order valence-corrected chi connectivity index (χ0v) is 20.5. The molecule has 2 amide bonds. The van der Waals surface area contributed by atoms with Crippen LogP contribution < -0.4 is 20.5 Å². The summed E-state index contributed by atoms with van der Waals surface area (Å²) in [7, 11) is 0. The van der Waals surface area contributed by atoms with E-state index in [1.165, 1.54) is 17.7 Å². The van der Waals surface area contributed by atoms with E-state index in [2.05, 4.69) is 17.8 Å². The van der Waals surface area contributed by atoms with Crippen molar-refractivity contribution < 1.29 is 18.7 Å². The van der Waals surface area contributed by atoms with Gasteiger partial charge < -0.3 is 9.64 Å². The molecule has 0 aliphatic carbocycles. The van der Waals surface area contributed by atoms with E-state index in [1.54, 1.807) is 29.2 Å². The Bertz CT molecular complexity index is 1220. The van der Waals surface area contributed by atoms with Crippen molar-refractivity contribution in [3.63, 3.8) is 0 Å². The van der Waals surface area contributed by atoms with Gasteiger partial charge in [0.05, 0.1) is 16.6 Å². The van der Waals surface area contributed by atoms with Gasteiger partial charge in [-0.3, -0.25) is 20.4 Å². The normalized spacial score (nSPS) is 15.3. The molecule has 3 aromatic carbocycles. The second kappa shape index (κ2) is 11.0. The number of carbonyl (C=O) groups excluding carboxylic acids is 2. The Balaban J connectivity index is 1.39. The number of nitrogens with one attached hydrogen (secondary N) is 2. The number of hydrogen-bond acceptors (Lipinski definition) is 4. The minimum Gasteiger partial charge on any atom is -0.487 e. The Morgan fingerprint density at radius 3 is 2.63 bits per heavy atom. The number of hydrogen-bond donors (Lipinski definition) is 2. The molecule has 0 radical (unpaired) electrons. The maximum atomic E-state index is 14.1. The average Bonchev–Trinajstić information content (AvgIpc) is 3.25. The van der Waals surface area contributed by atoms with Gasteiger partial charge in [0, 0.05) is 29.2 Å². The molecule has 182 valence electrons. The monoisotopic (exact) mass is 515 g/mol. The highest BCUT2D eigenvalue weighted by molar-refractivity contribution is 6.31. The molecule has 1 fully saturated rings. The van der Waals surface area contributed by atoms with Gasteiger partial charge in [0.1, 0.15) is 18.2 Å². The van der Waals surface area contributed by atoms with E-state index in [-0.39, 0.29) is 42.0 Å². The van der Waals surface area contributed by atoms with Crippen LogP contribution in [0.25, 0.3) is 0 Å². The summed E-state index contributed by atoms with van der Waals surface area (Å²) in [6, 6.07) is 16.9. The van der Waals surface area contributed by atoms with Crippen LogP contribution >= 0.6 is 23.2 Å². The predicted octanol–water partition coefficient (Wildman–Crippen LogP) is 5.77. The number of carbonyl (C=O) groups is 2. The number of benzene rings is 3. The molecule has 0 aromatic heterocycles. The molecular weight excluding hydrogens is 492 g/mol. The lowest BCUT2D eigenvalue weighted by atomic mass is 10.1. The van der Waals surface area contributed by atoms with Gasteiger partial charge in [-0.25, -0.2) is 4.39 Å². The maximum Gasteiger partial charge on any atom is 0.243 e. The second-order valence-corrected chi connectivity index (χ2v) is 9.01.